The fraction of sp³-hybridized carbons (Fsp3) is 0.762. The lowest BCUT2D eigenvalue weighted by Crippen LogP contribution is -2.51. The third kappa shape index (κ3) is 6.67. The Morgan fingerprint density at radius 3 is 2.03 bits per heavy atom. The van der Waals surface area contributed by atoms with E-state index in [9.17, 15) is 29.1 Å². The van der Waals surface area contributed by atoms with Crippen LogP contribution in [0.3, 0.4) is 0 Å². The number of likely N-dealkylation sites (tertiary alicyclic amines) is 2. The largest absolute Gasteiger partial charge is 0.481 e. The van der Waals surface area contributed by atoms with Gasteiger partial charge in [0.1, 0.15) is 17.5 Å². The second-order valence-corrected chi connectivity index (χ2v) is 8.06. The molecule has 0 aromatic rings. The maximum Gasteiger partial charge on any atom is 0.407 e. The number of carbonyl (C=O) groups is 5. The summed E-state index contributed by atoms with van der Waals surface area (Å²) >= 11 is 0. The van der Waals surface area contributed by atoms with E-state index in [0.717, 1.165) is 6.42 Å². The number of hydrogen-bond acceptors (Lipinski definition) is 5. The Bertz CT molecular complexity index is 689. The average molecular weight is 443 g/mol. The zero-order chi connectivity index (χ0) is 23.8. The van der Waals surface area contributed by atoms with Crippen LogP contribution in [-0.4, -0.2) is 79.5 Å². The SMILES string of the molecule is CCC1(CC)CC(C(=O)O)C(=O)CCN1C(=O)O.CCC1CC(=O)CCCN1C(=O)O. The highest BCUT2D eigenvalue weighted by molar-refractivity contribution is 5.98. The van der Waals surface area contributed by atoms with E-state index in [0.29, 0.717) is 38.6 Å². The van der Waals surface area contributed by atoms with Gasteiger partial charge in [0.2, 0.25) is 0 Å². The lowest BCUT2D eigenvalue weighted by atomic mass is 9.81. The summed E-state index contributed by atoms with van der Waals surface area (Å²) in [7, 11) is 0. The van der Waals surface area contributed by atoms with Gasteiger partial charge in [0.15, 0.2) is 0 Å². The third-order valence-electron chi connectivity index (χ3n) is 6.45. The van der Waals surface area contributed by atoms with Gasteiger partial charge in [-0.05, 0) is 32.1 Å². The number of amides is 2. The van der Waals surface area contributed by atoms with Gasteiger partial charge >= 0.3 is 18.2 Å². The highest BCUT2D eigenvalue weighted by Gasteiger charge is 2.45. The quantitative estimate of drug-likeness (QED) is 0.562. The molecular formula is C21H34N2O8. The molecule has 2 atom stereocenters. The number of carboxylic acids is 1. The Kier molecular flexibility index (Phi) is 9.93. The zero-order valence-electron chi connectivity index (χ0n) is 18.5. The van der Waals surface area contributed by atoms with Crippen molar-refractivity contribution in [3.8, 4) is 0 Å². The topological polar surface area (TPSA) is 153 Å². The summed E-state index contributed by atoms with van der Waals surface area (Å²) in [6.07, 6.45) is 1.38. The van der Waals surface area contributed by atoms with E-state index in [1.807, 2.05) is 20.8 Å². The molecule has 10 nitrogen and oxygen atoms in total. The van der Waals surface area contributed by atoms with Crippen LogP contribution >= 0.6 is 0 Å². The highest BCUT2D eigenvalue weighted by atomic mass is 16.4. The van der Waals surface area contributed by atoms with Crippen LogP contribution in [0.4, 0.5) is 9.59 Å². The number of rotatable bonds is 4. The van der Waals surface area contributed by atoms with Crippen LogP contribution in [0.2, 0.25) is 0 Å². The monoisotopic (exact) mass is 442 g/mol. The zero-order valence-corrected chi connectivity index (χ0v) is 18.5. The predicted octanol–water partition coefficient (Wildman–Crippen LogP) is 3.09. The van der Waals surface area contributed by atoms with E-state index in [2.05, 4.69) is 0 Å². The van der Waals surface area contributed by atoms with Crippen molar-refractivity contribution in [2.75, 3.05) is 13.1 Å². The molecule has 2 saturated heterocycles. The summed E-state index contributed by atoms with van der Waals surface area (Å²) in [6.45, 7) is 6.15. The van der Waals surface area contributed by atoms with Crippen molar-refractivity contribution in [2.24, 2.45) is 5.92 Å². The van der Waals surface area contributed by atoms with E-state index in [-0.39, 0.29) is 37.0 Å². The van der Waals surface area contributed by atoms with Gasteiger partial charge < -0.3 is 25.1 Å². The second-order valence-electron chi connectivity index (χ2n) is 8.06. The van der Waals surface area contributed by atoms with Crippen LogP contribution in [0.1, 0.15) is 72.1 Å². The molecule has 2 heterocycles. The molecule has 176 valence electrons. The van der Waals surface area contributed by atoms with Crippen molar-refractivity contribution in [3.63, 3.8) is 0 Å². The highest BCUT2D eigenvalue weighted by Crippen LogP contribution is 2.35. The lowest BCUT2D eigenvalue weighted by molar-refractivity contribution is -0.147. The fourth-order valence-corrected chi connectivity index (χ4v) is 4.40. The predicted molar refractivity (Wildman–Crippen MR) is 111 cm³/mol. The smallest absolute Gasteiger partial charge is 0.407 e. The Morgan fingerprint density at radius 2 is 1.58 bits per heavy atom. The number of ketones is 2. The maximum absolute atomic E-state index is 11.7. The Hall–Kier alpha value is -2.65. The van der Waals surface area contributed by atoms with Gasteiger partial charge in [0, 0.05) is 43.9 Å². The molecule has 0 aromatic carbocycles. The van der Waals surface area contributed by atoms with Crippen LogP contribution in [0.15, 0.2) is 0 Å². The normalized spacial score (nSPS) is 23.8. The first kappa shape index (κ1) is 26.4. The Balaban J connectivity index is 0.000000327. The summed E-state index contributed by atoms with van der Waals surface area (Å²) in [6, 6.07) is -0.104. The molecule has 31 heavy (non-hydrogen) atoms. The maximum atomic E-state index is 11.7. The third-order valence-corrected chi connectivity index (χ3v) is 6.45. The van der Waals surface area contributed by atoms with Crippen LogP contribution in [-0.2, 0) is 14.4 Å². The first-order chi connectivity index (χ1) is 14.5. The molecule has 2 rings (SSSR count). The molecule has 0 radical (unpaired) electrons. The molecule has 2 fully saturated rings. The number of carbonyl (C=O) groups excluding carboxylic acids is 2. The molecule has 0 bridgehead atoms. The van der Waals surface area contributed by atoms with Gasteiger partial charge in [-0.2, -0.15) is 0 Å². The molecule has 2 unspecified atom stereocenters. The van der Waals surface area contributed by atoms with Gasteiger partial charge in [-0.3, -0.25) is 14.4 Å². The Morgan fingerprint density at radius 1 is 0.968 bits per heavy atom. The fourth-order valence-electron chi connectivity index (χ4n) is 4.40. The van der Waals surface area contributed by atoms with E-state index >= 15 is 0 Å². The van der Waals surface area contributed by atoms with E-state index in [1.54, 1.807) is 0 Å². The molecule has 2 aliphatic rings. The summed E-state index contributed by atoms with van der Waals surface area (Å²) in [5.74, 6) is -2.43. The molecule has 0 aliphatic carbocycles. The van der Waals surface area contributed by atoms with Crippen molar-refractivity contribution in [2.45, 2.75) is 83.7 Å². The van der Waals surface area contributed by atoms with Crippen LogP contribution in [0.5, 0.6) is 0 Å². The van der Waals surface area contributed by atoms with Gasteiger partial charge in [0.25, 0.3) is 0 Å². The number of carboxylic acid groups (broad SMARTS) is 3. The lowest BCUT2D eigenvalue weighted by Gasteiger charge is -2.40. The first-order valence-corrected chi connectivity index (χ1v) is 10.8. The minimum Gasteiger partial charge on any atom is -0.481 e. The van der Waals surface area contributed by atoms with Crippen molar-refractivity contribution >= 4 is 29.7 Å². The van der Waals surface area contributed by atoms with Gasteiger partial charge in [-0.1, -0.05) is 20.8 Å². The van der Waals surface area contributed by atoms with Crippen molar-refractivity contribution in [3.05, 3.63) is 0 Å². The molecule has 0 saturated carbocycles. The van der Waals surface area contributed by atoms with Gasteiger partial charge in [0.05, 0.1) is 0 Å². The standard InChI is InChI=1S/C12H19NO5.C9H15NO3/c1-3-12(4-2)7-8(10(15)16)9(14)5-6-13(12)11(17)18;1-2-7-6-8(11)4-3-5-10(7)9(12)13/h8H,3-7H2,1-2H3,(H,15,16)(H,17,18);7H,2-6H2,1H3,(H,12,13). The summed E-state index contributed by atoms with van der Waals surface area (Å²) in [4.78, 5) is 58.8. The number of Topliss-reactive ketones (excluding diaryl/α,β-unsaturated/α-hetero) is 2. The molecular weight excluding hydrogens is 408 g/mol. The molecule has 2 aliphatic heterocycles. The number of aliphatic carboxylic acids is 1. The molecule has 3 N–H and O–H groups in total. The van der Waals surface area contributed by atoms with Gasteiger partial charge in [-0.25, -0.2) is 9.59 Å². The summed E-state index contributed by atoms with van der Waals surface area (Å²) < 4.78 is 0. The minimum atomic E-state index is -1.15. The van der Waals surface area contributed by atoms with Crippen molar-refractivity contribution < 1.29 is 39.3 Å². The summed E-state index contributed by atoms with van der Waals surface area (Å²) in [5.41, 5.74) is -0.749. The average Bonchev–Trinajstić information content (AvgIpc) is 3.00. The Labute approximate surface area is 182 Å². The number of hydrogen-bond donors (Lipinski definition) is 3. The second kappa shape index (κ2) is 11.7. The molecule has 10 heteroatoms. The van der Waals surface area contributed by atoms with E-state index in [4.69, 9.17) is 10.2 Å². The van der Waals surface area contributed by atoms with Crippen LogP contribution < -0.4 is 0 Å². The molecule has 0 aromatic heterocycles. The molecule has 2 amide bonds. The van der Waals surface area contributed by atoms with E-state index < -0.39 is 29.6 Å². The van der Waals surface area contributed by atoms with Crippen LogP contribution in [0, 0.1) is 5.92 Å². The van der Waals surface area contributed by atoms with E-state index in [1.165, 1.54) is 9.80 Å². The number of nitrogens with zero attached hydrogens (tertiary/aromatic N) is 2. The summed E-state index contributed by atoms with van der Waals surface area (Å²) in [5, 5.41) is 27.2. The minimum absolute atomic E-state index is 0.0228. The first-order valence-electron chi connectivity index (χ1n) is 10.8. The van der Waals surface area contributed by atoms with Gasteiger partial charge in [-0.15, -0.1) is 0 Å². The molecule has 0 spiro atoms. The van der Waals surface area contributed by atoms with Crippen molar-refractivity contribution in [1.82, 2.24) is 9.80 Å². The van der Waals surface area contributed by atoms with Crippen molar-refractivity contribution in [1.29, 1.82) is 0 Å². The van der Waals surface area contributed by atoms with Crippen LogP contribution in [0.25, 0.3) is 0 Å².